The average Bonchev–Trinajstić information content (AvgIpc) is 2.63. The summed E-state index contributed by atoms with van der Waals surface area (Å²) in [5.41, 5.74) is 0.962. The minimum absolute atomic E-state index is 0.254. The molecule has 0 aromatic heterocycles. The molecule has 0 atom stereocenters. The Morgan fingerprint density at radius 1 is 1.04 bits per heavy atom. The molecule has 1 fully saturated rings. The van der Waals surface area contributed by atoms with Gasteiger partial charge in [0.1, 0.15) is 5.82 Å². The summed E-state index contributed by atoms with van der Waals surface area (Å²) in [7, 11) is -3.25. The van der Waals surface area contributed by atoms with E-state index in [-0.39, 0.29) is 5.02 Å². The number of amides is 1. The lowest BCUT2D eigenvalue weighted by Crippen LogP contribution is -2.48. The number of rotatable bonds is 4. The second-order valence-electron chi connectivity index (χ2n) is 6.40. The number of hydrogen-bond acceptors (Lipinski definition) is 4. The molecule has 0 aliphatic carbocycles. The van der Waals surface area contributed by atoms with E-state index < -0.39 is 21.7 Å². The second kappa shape index (κ2) is 8.24. The summed E-state index contributed by atoms with van der Waals surface area (Å²) in [4.78, 5) is 14.1. The first-order valence-electron chi connectivity index (χ1n) is 8.41. The molecule has 1 N–H and O–H groups in total. The second-order valence-corrected chi connectivity index (χ2v) is 9.20. The Morgan fingerprint density at radius 3 is 2.29 bits per heavy atom. The summed E-state index contributed by atoms with van der Waals surface area (Å²) in [6.07, 6.45) is 1.16. The summed E-state index contributed by atoms with van der Waals surface area (Å²) in [5, 5.41) is 3.21. The van der Waals surface area contributed by atoms with Crippen LogP contribution in [0.15, 0.2) is 36.4 Å². The Labute approximate surface area is 172 Å². The molecule has 1 saturated heterocycles. The quantitative estimate of drug-likeness (QED) is 0.781. The van der Waals surface area contributed by atoms with Crippen LogP contribution in [0.3, 0.4) is 0 Å². The summed E-state index contributed by atoms with van der Waals surface area (Å²) in [6, 6.07) is 8.86. The molecular weight excluding hydrogens is 428 g/mol. The van der Waals surface area contributed by atoms with E-state index in [1.165, 1.54) is 28.6 Å². The number of anilines is 2. The molecule has 2 aromatic rings. The van der Waals surface area contributed by atoms with E-state index >= 15 is 0 Å². The lowest BCUT2D eigenvalue weighted by atomic mass is 10.2. The molecule has 1 aliphatic heterocycles. The van der Waals surface area contributed by atoms with Gasteiger partial charge in [-0.15, -0.1) is 0 Å². The molecule has 28 heavy (non-hydrogen) atoms. The van der Waals surface area contributed by atoms with Crippen LogP contribution in [0, 0.1) is 5.82 Å². The first-order valence-corrected chi connectivity index (χ1v) is 11.0. The molecule has 6 nitrogen and oxygen atoms in total. The molecule has 0 saturated carbocycles. The van der Waals surface area contributed by atoms with Crippen LogP contribution in [0.1, 0.15) is 10.4 Å². The normalized spacial score (nSPS) is 15.5. The Bertz CT molecular complexity index is 1010. The number of hydrogen-bond donors (Lipinski definition) is 1. The smallest absolute Gasteiger partial charge is 0.255 e. The van der Waals surface area contributed by atoms with E-state index in [9.17, 15) is 17.6 Å². The van der Waals surface area contributed by atoms with Crippen LogP contribution in [0.25, 0.3) is 0 Å². The molecule has 0 radical (unpaired) electrons. The van der Waals surface area contributed by atoms with Crippen LogP contribution in [0.4, 0.5) is 15.8 Å². The largest absolute Gasteiger partial charge is 0.367 e. The van der Waals surface area contributed by atoms with E-state index in [1.807, 2.05) is 0 Å². The van der Waals surface area contributed by atoms with Crippen molar-refractivity contribution in [3.63, 3.8) is 0 Å². The van der Waals surface area contributed by atoms with Gasteiger partial charge in [0.25, 0.3) is 5.91 Å². The molecule has 2 aromatic carbocycles. The molecule has 0 unspecified atom stereocenters. The van der Waals surface area contributed by atoms with Gasteiger partial charge in [0.15, 0.2) is 0 Å². The zero-order chi connectivity index (χ0) is 20.5. The summed E-state index contributed by atoms with van der Waals surface area (Å²) < 4.78 is 39.1. The topological polar surface area (TPSA) is 69.7 Å². The van der Waals surface area contributed by atoms with Gasteiger partial charge in [-0.3, -0.25) is 4.79 Å². The number of carbonyl (C=O) groups excluding carboxylic acids is 1. The molecule has 1 aliphatic rings. The van der Waals surface area contributed by atoms with Gasteiger partial charge in [-0.2, -0.15) is 4.31 Å². The maximum Gasteiger partial charge on any atom is 0.255 e. The van der Waals surface area contributed by atoms with Crippen molar-refractivity contribution >= 4 is 50.5 Å². The highest BCUT2D eigenvalue weighted by Crippen LogP contribution is 2.26. The number of nitrogens with zero attached hydrogens (tertiary/aromatic N) is 2. The Kier molecular flexibility index (Phi) is 6.14. The third-order valence-electron chi connectivity index (χ3n) is 4.44. The Morgan fingerprint density at radius 2 is 1.71 bits per heavy atom. The van der Waals surface area contributed by atoms with Crippen LogP contribution in [0.5, 0.6) is 0 Å². The first-order chi connectivity index (χ1) is 13.1. The third-order valence-corrected chi connectivity index (χ3v) is 6.48. The van der Waals surface area contributed by atoms with E-state index in [0.717, 1.165) is 6.26 Å². The highest BCUT2D eigenvalue weighted by molar-refractivity contribution is 7.88. The molecule has 1 amide bonds. The van der Waals surface area contributed by atoms with E-state index in [0.29, 0.717) is 48.1 Å². The average molecular weight is 446 g/mol. The Hall–Kier alpha value is -1.87. The van der Waals surface area contributed by atoms with Gasteiger partial charge in [-0.25, -0.2) is 12.8 Å². The highest BCUT2D eigenvalue weighted by atomic mass is 35.5. The van der Waals surface area contributed by atoms with Crippen molar-refractivity contribution < 1.29 is 17.6 Å². The third kappa shape index (κ3) is 4.75. The molecule has 0 spiro atoms. The number of benzene rings is 2. The van der Waals surface area contributed by atoms with Crippen molar-refractivity contribution in [2.24, 2.45) is 0 Å². The van der Waals surface area contributed by atoms with Crippen LogP contribution in [0.2, 0.25) is 10.0 Å². The predicted molar refractivity (Wildman–Crippen MR) is 109 cm³/mol. The number of carbonyl (C=O) groups is 1. The predicted octanol–water partition coefficient (Wildman–Crippen LogP) is 3.47. The van der Waals surface area contributed by atoms with Crippen molar-refractivity contribution in [2.45, 2.75) is 0 Å². The van der Waals surface area contributed by atoms with Crippen molar-refractivity contribution in [1.29, 1.82) is 0 Å². The maximum atomic E-state index is 14.6. The summed E-state index contributed by atoms with van der Waals surface area (Å²) >= 11 is 11.7. The minimum Gasteiger partial charge on any atom is -0.367 e. The van der Waals surface area contributed by atoms with E-state index in [2.05, 4.69) is 5.32 Å². The maximum absolute atomic E-state index is 14.6. The van der Waals surface area contributed by atoms with Gasteiger partial charge < -0.3 is 10.2 Å². The number of sulfonamides is 1. The number of piperazine rings is 1. The fourth-order valence-electron chi connectivity index (χ4n) is 2.94. The van der Waals surface area contributed by atoms with Crippen molar-refractivity contribution in [3.05, 3.63) is 57.8 Å². The van der Waals surface area contributed by atoms with Gasteiger partial charge >= 0.3 is 0 Å². The van der Waals surface area contributed by atoms with Gasteiger partial charge in [-0.05, 0) is 36.4 Å². The standard InChI is InChI=1S/C18H18Cl2FN3O3S/c1-28(26,27)24-8-6-23(7-9-24)17-5-3-13(11-16(17)21)22-18(25)12-2-4-14(19)15(20)10-12/h2-5,10-11H,6-9H2,1H3,(H,22,25). The van der Waals surface area contributed by atoms with Gasteiger partial charge in [0.05, 0.1) is 22.0 Å². The molecule has 1 heterocycles. The monoisotopic (exact) mass is 445 g/mol. The SMILES string of the molecule is CS(=O)(=O)N1CCN(c2ccc(NC(=O)c3ccc(Cl)c(Cl)c3)cc2F)CC1. The van der Waals surface area contributed by atoms with Crippen molar-refractivity contribution in [3.8, 4) is 0 Å². The van der Waals surface area contributed by atoms with Crippen molar-refractivity contribution in [2.75, 3.05) is 42.7 Å². The zero-order valence-corrected chi connectivity index (χ0v) is 17.3. The molecule has 3 rings (SSSR count). The van der Waals surface area contributed by atoms with Crippen molar-refractivity contribution in [1.82, 2.24) is 4.31 Å². The molecular formula is C18H18Cl2FN3O3S. The van der Waals surface area contributed by atoms with Gasteiger partial charge in [0, 0.05) is 37.4 Å². The van der Waals surface area contributed by atoms with Crippen LogP contribution in [-0.2, 0) is 10.0 Å². The lowest BCUT2D eigenvalue weighted by molar-refractivity contribution is 0.102. The summed E-state index contributed by atoms with van der Waals surface area (Å²) in [5.74, 6) is -0.938. The lowest BCUT2D eigenvalue weighted by Gasteiger charge is -2.34. The van der Waals surface area contributed by atoms with Gasteiger partial charge in [0.2, 0.25) is 10.0 Å². The number of nitrogens with one attached hydrogen (secondary N) is 1. The van der Waals surface area contributed by atoms with Crippen LogP contribution < -0.4 is 10.2 Å². The number of halogens is 3. The minimum atomic E-state index is -3.25. The summed E-state index contributed by atoms with van der Waals surface area (Å²) in [6.45, 7) is 1.38. The molecule has 150 valence electrons. The van der Waals surface area contributed by atoms with Crippen LogP contribution >= 0.6 is 23.2 Å². The fraction of sp³-hybridized carbons (Fsp3) is 0.278. The fourth-order valence-corrected chi connectivity index (χ4v) is 4.07. The highest BCUT2D eigenvalue weighted by Gasteiger charge is 2.25. The van der Waals surface area contributed by atoms with E-state index in [1.54, 1.807) is 17.0 Å². The van der Waals surface area contributed by atoms with E-state index in [4.69, 9.17) is 23.2 Å². The van der Waals surface area contributed by atoms with Crippen LogP contribution in [-0.4, -0.2) is 51.1 Å². The molecule has 10 heteroatoms. The first kappa shape index (κ1) is 20.9. The van der Waals surface area contributed by atoms with Gasteiger partial charge in [-0.1, -0.05) is 23.2 Å². The zero-order valence-electron chi connectivity index (χ0n) is 15.0. The molecule has 0 bridgehead atoms. The Balaban J connectivity index is 1.69.